The second-order valence-electron chi connectivity index (χ2n) is 9.71. The standard InChI is InChI=1S/C30H26F2N6O2/c1-17-27-23(29(31)32)14-24(25-12-7-13-40-25)33-30(27)38(35-17)16-26(39)34-28-18(2)36-37(19(28)3)15-21-10-6-9-20-8-4-5-11-22(20)21/h4-14,29H,15-16H2,1-3H3,(H,34,39). The lowest BCUT2D eigenvalue weighted by Gasteiger charge is -2.10. The third-order valence-corrected chi connectivity index (χ3v) is 7.06. The molecule has 10 heteroatoms. The van der Waals surface area contributed by atoms with Crippen LogP contribution < -0.4 is 5.32 Å². The number of aromatic nitrogens is 5. The number of benzene rings is 2. The molecule has 0 aliphatic rings. The highest BCUT2D eigenvalue weighted by atomic mass is 19.3. The van der Waals surface area contributed by atoms with Crippen molar-refractivity contribution in [3.63, 3.8) is 0 Å². The van der Waals surface area contributed by atoms with Crippen LogP contribution in [0.1, 0.15) is 34.6 Å². The molecule has 6 rings (SSSR count). The molecule has 0 fully saturated rings. The van der Waals surface area contributed by atoms with Gasteiger partial charge in [0.05, 0.1) is 41.0 Å². The zero-order valence-corrected chi connectivity index (χ0v) is 22.2. The van der Waals surface area contributed by atoms with Gasteiger partial charge in [0.1, 0.15) is 12.2 Å². The van der Waals surface area contributed by atoms with E-state index in [9.17, 15) is 13.6 Å². The number of halogens is 2. The number of hydrogen-bond donors (Lipinski definition) is 1. The number of carbonyl (C=O) groups is 1. The van der Waals surface area contributed by atoms with Crippen LogP contribution in [0.2, 0.25) is 0 Å². The summed E-state index contributed by atoms with van der Waals surface area (Å²) in [6.45, 7) is 5.70. The predicted octanol–water partition coefficient (Wildman–Crippen LogP) is 6.59. The summed E-state index contributed by atoms with van der Waals surface area (Å²) in [6.07, 6.45) is -1.30. The van der Waals surface area contributed by atoms with Crippen molar-refractivity contribution in [2.75, 3.05) is 5.32 Å². The van der Waals surface area contributed by atoms with Crippen LogP contribution in [0.3, 0.4) is 0 Å². The van der Waals surface area contributed by atoms with Crippen molar-refractivity contribution in [2.45, 2.75) is 40.3 Å². The van der Waals surface area contributed by atoms with E-state index in [0.717, 1.165) is 22.0 Å². The Morgan fingerprint density at radius 2 is 1.75 bits per heavy atom. The van der Waals surface area contributed by atoms with Crippen molar-refractivity contribution >= 4 is 33.4 Å². The van der Waals surface area contributed by atoms with Crippen LogP contribution >= 0.6 is 0 Å². The first-order valence-corrected chi connectivity index (χ1v) is 12.8. The normalized spacial score (nSPS) is 11.7. The largest absolute Gasteiger partial charge is 0.463 e. The Morgan fingerprint density at radius 3 is 2.52 bits per heavy atom. The second-order valence-corrected chi connectivity index (χ2v) is 9.71. The molecule has 8 nitrogen and oxygen atoms in total. The van der Waals surface area contributed by atoms with Crippen LogP contribution in [0.15, 0.2) is 71.3 Å². The summed E-state index contributed by atoms with van der Waals surface area (Å²) in [7, 11) is 0. The van der Waals surface area contributed by atoms with Crippen LogP contribution in [0, 0.1) is 20.8 Å². The van der Waals surface area contributed by atoms with E-state index in [4.69, 9.17) is 4.42 Å². The van der Waals surface area contributed by atoms with Gasteiger partial charge in [-0.25, -0.2) is 18.4 Å². The Kier molecular flexibility index (Phi) is 6.37. The van der Waals surface area contributed by atoms with Gasteiger partial charge in [0.15, 0.2) is 11.4 Å². The number of fused-ring (bicyclic) bond motifs is 2. The summed E-state index contributed by atoms with van der Waals surface area (Å²) in [6, 6.07) is 18.9. The van der Waals surface area contributed by atoms with E-state index in [-0.39, 0.29) is 34.7 Å². The smallest absolute Gasteiger partial charge is 0.264 e. The fourth-order valence-electron chi connectivity index (χ4n) is 5.16. The summed E-state index contributed by atoms with van der Waals surface area (Å²) < 4.78 is 36.6. The van der Waals surface area contributed by atoms with Gasteiger partial charge in [-0.15, -0.1) is 0 Å². The summed E-state index contributed by atoms with van der Waals surface area (Å²) in [5.74, 6) is -0.0207. The molecule has 40 heavy (non-hydrogen) atoms. The average molecular weight is 541 g/mol. The quantitative estimate of drug-likeness (QED) is 0.247. The number of aryl methyl sites for hydroxylation is 2. The maximum absolute atomic E-state index is 14.0. The summed E-state index contributed by atoms with van der Waals surface area (Å²) in [5.41, 5.74) is 3.80. The first-order valence-electron chi connectivity index (χ1n) is 12.8. The van der Waals surface area contributed by atoms with Crippen LogP contribution in [-0.4, -0.2) is 30.5 Å². The molecule has 202 valence electrons. The second kappa shape index (κ2) is 10.0. The zero-order chi connectivity index (χ0) is 28.0. The Labute approximate surface area is 228 Å². The number of anilines is 1. The first-order chi connectivity index (χ1) is 19.3. The maximum atomic E-state index is 14.0. The Bertz CT molecular complexity index is 1870. The molecule has 4 heterocycles. The van der Waals surface area contributed by atoms with E-state index in [1.165, 1.54) is 17.0 Å². The molecule has 0 radical (unpaired) electrons. The SMILES string of the molecule is Cc1nn(Cc2cccc3ccccc23)c(C)c1NC(=O)Cn1nc(C)c2c(C(F)F)cc(-c3ccco3)nc21. The van der Waals surface area contributed by atoms with Gasteiger partial charge in [-0.2, -0.15) is 10.2 Å². The van der Waals surface area contributed by atoms with Gasteiger partial charge in [0.2, 0.25) is 5.91 Å². The minimum atomic E-state index is -2.75. The molecule has 1 amide bonds. The Morgan fingerprint density at radius 1 is 0.975 bits per heavy atom. The number of pyridine rings is 1. The highest BCUT2D eigenvalue weighted by molar-refractivity contribution is 5.93. The lowest BCUT2D eigenvalue weighted by atomic mass is 10.0. The van der Waals surface area contributed by atoms with Crippen molar-refractivity contribution in [3.05, 3.63) is 95.1 Å². The van der Waals surface area contributed by atoms with Gasteiger partial charge in [-0.05, 0) is 55.3 Å². The number of amides is 1. The fraction of sp³-hybridized carbons (Fsp3) is 0.200. The van der Waals surface area contributed by atoms with Gasteiger partial charge in [-0.1, -0.05) is 42.5 Å². The molecule has 0 saturated heterocycles. The monoisotopic (exact) mass is 540 g/mol. The number of nitrogens with one attached hydrogen (secondary N) is 1. The fourth-order valence-corrected chi connectivity index (χ4v) is 5.16. The molecule has 6 aromatic rings. The van der Waals surface area contributed by atoms with Crippen LogP contribution in [0.4, 0.5) is 14.5 Å². The van der Waals surface area contributed by atoms with E-state index >= 15 is 0 Å². The Balaban J connectivity index is 1.29. The number of rotatable bonds is 7. The van der Waals surface area contributed by atoms with Crippen molar-refractivity contribution in [3.8, 4) is 11.5 Å². The van der Waals surface area contributed by atoms with Crippen molar-refractivity contribution in [2.24, 2.45) is 0 Å². The third-order valence-electron chi connectivity index (χ3n) is 7.06. The topological polar surface area (TPSA) is 90.8 Å². The van der Waals surface area contributed by atoms with Crippen molar-refractivity contribution in [1.82, 2.24) is 24.5 Å². The van der Waals surface area contributed by atoms with E-state index < -0.39 is 6.43 Å². The summed E-state index contributed by atoms with van der Waals surface area (Å²) in [4.78, 5) is 17.7. The van der Waals surface area contributed by atoms with Gasteiger partial charge in [0, 0.05) is 5.56 Å². The molecular formula is C30H26F2N6O2. The number of alkyl halides is 2. The van der Waals surface area contributed by atoms with Gasteiger partial charge in [-0.3, -0.25) is 9.48 Å². The molecule has 2 aromatic carbocycles. The van der Waals surface area contributed by atoms with Gasteiger partial charge >= 0.3 is 0 Å². The van der Waals surface area contributed by atoms with Gasteiger partial charge in [0.25, 0.3) is 6.43 Å². The van der Waals surface area contributed by atoms with E-state index in [2.05, 4.69) is 44.8 Å². The number of furan rings is 1. The highest BCUT2D eigenvalue weighted by Crippen LogP contribution is 2.33. The van der Waals surface area contributed by atoms with Crippen molar-refractivity contribution < 1.29 is 18.0 Å². The minimum absolute atomic E-state index is 0.192. The lowest BCUT2D eigenvalue weighted by molar-refractivity contribution is -0.116. The molecule has 0 aliphatic carbocycles. The number of carbonyl (C=O) groups excluding carboxylic acids is 1. The third kappa shape index (κ3) is 4.51. The maximum Gasteiger partial charge on any atom is 0.264 e. The molecule has 0 aliphatic heterocycles. The molecule has 0 unspecified atom stereocenters. The molecule has 0 atom stereocenters. The number of nitrogens with zero attached hydrogens (tertiary/aromatic N) is 5. The summed E-state index contributed by atoms with van der Waals surface area (Å²) >= 11 is 0. The van der Waals surface area contributed by atoms with Gasteiger partial charge < -0.3 is 9.73 Å². The summed E-state index contributed by atoms with van der Waals surface area (Å²) in [5, 5.41) is 14.5. The molecule has 0 spiro atoms. The van der Waals surface area contributed by atoms with Crippen LogP contribution in [-0.2, 0) is 17.9 Å². The number of hydrogen-bond acceptors (Lipinski definition) is 5. The molecule has 4 aromatic heterocycles. The molecule has 0 bridgehead atoms. The van der Waals surface area contributed by atoms with Crippen molar-refractivity contribution in [1.29, 1.82) is 0 Å². The van der Waals surface area contributed by atoms with Crippen LogP contribution in [0.5, 0.6) is 0 Å². The average Bonchev–Trinajstić information content (AvgIpc) is 3.65. The van der Waals surface area contributed by atoms with Crippen LogP contribution in [0.25, 0.3) is 33.3 Å². The zero-order valence-electron chi connectivity index (χ0n) is 22.2. The Hall–Kier alpha value is -4.86. The highest BCUT2D eigenvalue weighted by Gasteiger charge is 2.23. The van der Waals surface area contributed by atoms with E-state index in [0.29, 0.717) is 29.4 Å². The predicted molar refractivity (Wildman–Crippen MR) is 148 cm³/mol. The molecule has 1 N–H and O–H groups in total. The minimum Gasteiger partial charge on any atom is -0.463 e. The van der Waals surface area contributed by atoms with E-state index in [1.54, 1.807) is 19.1 Å². The van der Waals surface area contributed by atoms with E-state index in [1.807, 2.05) is 36.7 Å². The first kappa shape index (κ1) is 25.4. The molecule has 0 saturated carbocycles. The lowest BCUT2D eigenvalue weighted by Crippen LogP contribution is -2.20. The molecular weight excluding hydrogens is 514 g/mol.